The van der Waals surface area contributed by atoms with Crippen molar-refractivity contribution in [2.24, 2.45) is 0 Å². The van der Waals surface area contributed by atoms with Crippen LogP contribution in [0.5, 0.6) is 0 Å². The van der Waals surface area contributed by atoms with Gasteiger partial charge in [-0.2, -0.15) is 0 Å². The standard InChI is InChI=1S/C16H19Cl2NS/c1-2-7-19-16(6-5-15-4-3-8-20-15)12-9-13(17)11-14(18)10-12/h3-4,8-11,16,19H,2,5-7H2,1H3. The lowest BCUT2D eigenvalue weighted by atomic mass is 10.0. The first-order chi connectivity index (χ1) is 9.69. The second kappa shape index (κ2) is 8.04. The van der Waals surface area contributed by atoms with Gasteiger partial charge in [-0.05, 0) is 61.0 Å². The molecule has 1 aromatic heterocycles. The van der Waals surface area contributed by atoms with Gasteiger partial charge < -0.3 is 5.32 Å². The largest absolute Gasteiger partial charge is 0.310 e. The van der Waals surface area contributed by atoms with Crippen LogP contribution in [0.3, 0.4) is 0 Å². The van der Waals surface area contributed by atoms with Crippen LogP contribution in [0.1, 0.15) is 36.2 Å². The average molecular weight is 328 g/mol. The van der Waals surface area contributed by atoms with Crippen LogP contribution >= 0.6 is 34.5 Å². The molecule has 1 heterocycles. The molecule has 0 aliphatic carbocycles. The van der Waals surface area contributed by atoms with Crippen LogP contribution in [0.2, 0.25) is 10.0 Å². The zero-order valence-electron chi connectivity index (χ0n) is 11.5. The first kappa shape index (κ1) is 15.8. The van der Waals surface area contributed by atoms with Gasteiger partial charge in [0.2, 0.25) is 0 Å². The van der Waals surface area contributed by atoms with Crippen molar-refractivity contribution in [2.45, 2.75) is 32.2 Å². The first-order valence-corrected chi connectivity index (χ1v) is 8.54. The van der Waals surface area contributed by atoms with E-state index in [1.807, 2.05) is 23.5 Å². The quantitative estimate of drug-likeness (QED) is 0.684. The molecule has 2 aromatic rings. The third-order valence-electron chi connectivity index (χ3n) is 3.19. The van der Waals surface area contributed by atoms with Gasteiger partial charge in [0.25, 0.3) is 0 Å². The molecule has 0 bridgehead atoms. The fourth-order valence-electron chi connectivity index (χ4n) is 2.22. The van der Waals surface area contributed by atoms with E-state index >= 15 is 0 Å². The molecule has 0 aliphatic rings. The van der Waals surface area contributed by atoms with Crippen molar-refractivity contribution in [1.29, 1.82) is 0 Å². The Morgan fingerprint density at radius 3 is 2.55 bits per heavy atom. The smallest absolute Gasteiger partial charge is 0.0424 e. The lowest BCUT2D eigenvalue weighted by Crippen LogP contribution is -2.22. The molecule has 1 nitrogen and oxygen atoms in total. The maximum Gasteiger partial charge on any atom is 0.0424 e. The minimum absolute atomic E-state index is 0.299. The molecule has 4 heteroatoms. The van der Waals surface area contributed by atoms with E-state index in [0.29, 0.717) is 16.1 Å². The van der Waals surface area contributed by atoms with Crippen LogP contribution in [0, 0.1) is 0 Å². The van der Waals surface area contributed by atoms with E-state index in [2.05, 4.69) is 29.8 Å². The highest BCUT2D eigenvalue weighted by molar-refractivity contribution is 7.09. The third kappa shape index (κ3) is 4.78. The molecule has 1 unspecified atom stereocenters. The number of hydrogen-bond donors (Lipinski definition) is 1. The van der Waals surface area contributed by atoms with Crippen LogP contribution in [0.25, 0.3) is 0 Å². The Bertz CT molecular complexity index is 505. The zero-order valence-corrected chi connectivity index (χ0v) is 13.9. The van der Waals surface area contributed by atoms with Crippen molar-refractivity contribution >= 4 is 34.5 Å². The Kier molecular flexibility index (Phi) is 6.37. The van der Waals surface area contributed by atoms with Gasteiger partial charge in [-0.3, -0.25) is 0 Å². The van der Waals surface area contributed by atoms with Gasteiger partial charge in [-0.1, -0.05) is 36.2 Å². The number of rotatable bonds is 7. The van der Waals surface area contributed by atoms with Crippen molar-refractivity contribution < 1.29 is 0 Å². The topological polar surface area (TPSA) is 12.0 Å². The summed E-state index contributed by atoms with van der Waals surface area (Å²) in [6.45, 7) is 3.17. The van der Waals surface area contributed by atoms with Gasteiger partial charge in [-0.25, -0.2) is 0 Å². The Hall–Kier alpha value is -0.540. The van der Waals surface area contributed by atoms with Crippen molar-refractivity contribution in [3.05, 3.63) is 56.2 Å². The molecule has 2 rings (SSSR count). The fraction of sp³-hybridized carbons (Fsp3) is 0.375. The highest BCUT2D eigenvalue weighted by Gasteiger charge is 2.12. The van der Waals surface area contributed by atoms with E-state index in [1.54, 1.807) is 6.07 Å². The summed E-state index contributed by atoms with van der Waals surface area (Å²) in [7, 11) is 0. The normalized spacial score (nSPS) is 12.6. The summed E-state index contributed by atoms with van der Waals surface area (Å²) in [6, 6.07) is 10.4. The number of thiophene rings is 1. The first-order valence-electron chi connectivity index (χ1n) is 6.90. The summed E-state index contributed by atoms with van der Waals surface area (Å²) >= 11 is 14.0. The molecule has 0 spiro atoms. The van der Waals surface area contributed by atoms with E-state index in [0.717, 1.165) is 25.8 Å². The maximum atomic E-state index is 6.12. The second-order valence-electron chi connectivity index (χ2n) is 4.83. The Morgan fingerprint density at radius 1 is 1.20 bits per heavy atom. The fourth-order valence-corrected chi connectivity index (χ4v) is 3.49. The zero-order chi connectivity index (χ0) is 14.4. The molecule has 0 fully saturated rings. The van der Waals surface area contributed by atoms with Crippen molar-refractivity contribution in [3.8, 4) is 0 Å². The number of halogens is 2. The monoisotopic (exact) mass is 327 g/mol. The highest BCUT2D eigenvalue weighted by Crippen LogP contribution is 2.27. The molecule has 0 saturated carbocycles. The predicted molar refractivity (Wildman–Crippen MR) is 90.1 cm³/mol. The lowest BCUT2D eigenvalue weighted by molar-refractivity contribution is 0.501. The highest BCUT2D eigenvalue weighted by atomic mass is 35.5. The molecule has 20 heavy (non-hydrogen) atoms. The van der Waals surface area contributed by atoms with Crippen molar-refractivity contribution in [3.63, 3.8) is 0 Å². The van der Waals surface area contributed by atoms with Gasteiger partial charge in [0.05, 0.1) is 0 Å². The van der Waals surface area contributed by atoms with Gasteiger partial charge in [-0.15, -0.1) is 11.3 Å². The van der Waals surface area contributed by atoms with E-state index in [9.17, 15) is 0 Å². The number of hydrogen-bond acceptors (Lipinski definition) is 2. The van der Waals surface area contributed by atoms with E-state index < -0.39 is 0 Å². The van der Waals surface area contributed by atoms with Gasteiger partial charge >= 0.3 is 0 Å². The summed E-state index contributed by atoms with van der Waals surface area (Å²) in [5.41, 5.74) is 1.17. The van der Waals surface area contributed by atoms with Crippen molar-refractivity contribution in [2.75, 3.05) is 6.54 Å². The minimum atomic E-state index is 0.299. The second-order valence-corrected chi connectivity index (χ2v) is 6.73. The Morgan fingerprint density at radius 2 is 1.95 bits per heavy atom. The van der Waals surface area contributed by atoms with Crippen molar-refractivity contribution in [1.82, 2.24) is 5.32 Å². The number of aryl methyl sites for hydroxylation is 1. The predicted octanol–water partition coefficient (Wildman–Crippen LogP) is 5.73. The lowest BCUT2D eigenvalue weighted by Gasteiger charge is -2.19. The van der Waals surface area contributed by atoms with Crippen LogP contribution < -0.4 is 5.32 Å². The molecule has 108 valence electrons. The molecule has 1 atom stereocenters. The minimum Gasteiger partial charge on any atom is -0.310 e. The van der Waals surface area contributed by atoms with Gasteiger partial charge in [0.15, 0.2) is 0 Å². The summed E-state index contributed by atoms with van der Waals surface area (Å²) in [5.74, 6) is 0. The average Bonchev–Trinajstić information content (AvgIpc) is 2.91. The number of nitrogens with one attached hydrogen (secondary N) is 1. The molecular weight excluding hydrogens is 309 g/mol. The molecule has 0 radical (unpaired) electrons. The third-order valence-corrected chi connectivity index (χ3v) is 4.56. The van der Waals surface area contributed by atoms with Gasteiger partial charge in [0.1, 0.15) is 0 Å². The Balaban J connectivity index is 2.09. The van der Waals surface area contributed by atoms with E-state index in [4.69, 9.17) is 23.2 Å². The van der Waals surface area contributed by atoms with Gasteiger partial charge in [0, 0.05) is 21.0 Å². The summed E-state index contributed by atoms with van der Waals surface area (Å²) in [5, 5.41) is 7.12. The van der Waals surface area contributed by atoms with E-state index in [1.165, 1.54) is 10.4 Å². The molecule has 0 aliphatic heterocycles. The molecule has 1 aromatic carbocycles. The summed E-state index contributed by atoms with van der Waals surface area (Å²) in [4.78, 5) is 1.42. The van der Waals surface area contributed by atoms with Crippen LogP contribution in [0.4, 0.5) is 0 Å². The van der Waals surface area contributed by atoms with E-state index in [-0.39, 0.29) is 0 Å². The number of benzene rings is 1. The maximum absolute atomic E-state index is 6.12. The summed E-state index contributed by atoms with van der Waals surface area (Å²) in [6.07, 6.45) is 3.24. The van der Waals surface area contributed by atoms with Crippen LogP contribution in [0.15, 0.2) is 35.7 Å². The van der Waals surface area contributed by atoms with Crippen LogP contribution in [-0.2, 0) is 6.42 Å². The Labute approximate surface area is 134 Å². The molecular formula is C16H19Cl2NS. The molecule has 1 N–H and O–H groups in total. The molecule has 0 saturated heterocycles. The molecule has 0 amide bonds. The SMILES string of the molecule is CCCNC(CCc1cccs1)c1cc(Cl)cc(Cl)c1. The van der Waals surface area contributed by atoms with Crippen LogP contribution in [-0.4, -0.2) is 6.54 Å². The summed E-state index contributed by atoms with van der Waals surface area (Å²) < 4.78 is 0.